The van der Waals surface area contributed by atoms with Crippen LogP contribution >= 0.6 is 11.6 Å². The predicted octanol–water partition coefficient (Wildman–Crippen LogP) is 2.43. The molecule has 4 nitrogen and oxygen atoms in total. The fourth-order valence-electron chi connectivity index (χ4n) is 2.02. The van der Waals surface area contributed by atoms with Gasteiger partial charge in [0.15, 0.2) is 0 Å². The van der Waals surface area contributed by atoms with E-state index in [2.05, 4.69) is 5.32 Å². The molecule has 3 N–H and O–H groups in total. The summed E-state index contributed by atoms with van der Waals surface area (Å²) in [6, 6.07) is 7.15. The van der Waals surface area contributed by atoms with Gasteiger partial charge in [0.05, 0.1) is 12.1 Å². The van der Waals surface area contributed by atoms with E-state index >= 15 is 0 Å². The summed E-state index contributed by atoms with van der Waals surface area (Å²) in [5.41, 5.74) is 6.71. The van der Waals surface area contributed by atoms with Gasteiger partial charge in [-0.1, -0.05) is 50.6 Å². The molecule has 0 fully saturated rings. The first-order valence-corrected chi connectivity index (χ1v) is 7.46. The average molecular weight is 312 g/mol. The summed E-state index contributed by atoms with van der Waals surface area (Å²) >= 11 is 6.25. The fourth-order valence-corrected chi connectivity index (χ4v) is 2.28. The zero-order valence-electron chi connectivity index (χ0n) is 13.5. The average Bonchev–Trinajstić information content (AvgIpc) is 2.38. The number of likely N-dealkylation sites (N-methyl/N-ethyl adjacent to an activating group) is 1. The molecule has 0 saturated carbocycles. The molecular formula is C16H26ClN3O. The van der Waals surface area contributed by atoms with Gasteiger partial charge < -0.3 is 16.0 Å². The first kappa shape index (κ1) is 18.0. The number of nitrogens with one attached hydrogen (secondary N) is 1. The molecule has 0 spiro atoms. The smallest absolute Gasteiger partial charge is 0.237 e. The van der Waals surface area contributed by atoms with Crippen molar-refractivity contribution in [3.8, 4) is 0 Å². The minimum atomic E-state index is -0.536. The lowest BCUT2D eigenvalue weighted by molar-refractivity contribution is -0.124. The molecule has 0 aliphatic rings. The van der Waals surface area contributed by atoms with E-state index in [1.165, 1.54) is 0 Å². The second-order valence-corrected chi connectivity index (χ2v) is 7.00. The Balaban J connectivity index is 2.78. The topological polar surface area (TPSA) is 58.4 Å². The van der Waals surface area contributed by atoms with Crippen molar-refractivity contribution in [1.82, 2.24) is 10.2 Å². The molecule has 2 atom stereocenters. The Morgan fingerprint density at radius 1 is 1.33 bits per heavy atom. The van der Waals surface area contributed by atoms with Gasteiger partial charge in [-0.25, -0.2) is 0 Å². The quantitative estimate of drug-likeness (QED) is 0.878. The number of hydrogen-bond acceptors (Lipinski definition) is 3. The molecule has 1 unspecified atom stereocenters. The highest BCUT2D eigenvalue weighted by Crippen LogP contribution is 2.25. The van der Waals surface area contributed by atoms with Crippen LogP contribution in [0.15, 0.2) is 24.3 Å². The maximum Gasteiger partial charge on any atom is 0.237 e. The normalized spacial score (nSPS) is 14.9. The molecule has 1 rings (SSSR count). The van der Waals surface area contributed by atoms with Crippen molar-refractivity contribution >= 4 is 17.5 Å². The first-order chi connectivity index (χ1) is 9.64. The molecule has 0 heterocycles. The minimum absolute atomic E-state index is 0.00909. The lowest BCUT2D eigenvalue weighted by atomic mass is 9.87. The lowest BCUT2D eigenvalue weighted by Gasteiger charge is -2.29. The molecule has 0 radical (unpaired) electrons. The number of benzene rings is 1. The van der Waals surface area contributed by atoms with Crippen LogP contribution in [-0.2, 0) is 4.79 Å². The summed E-state index contributed by atoms with van der Waals surface area (Å²) in [5, 5.41) is 3.63. The van der Waals surface area contributed by atoms with Crippen LogP contribution < -0.4 is 11.1 Å². The number of halogens is 1. The Bertz CT molecular complexity index is 483. The molecule has 0 bridgehead atoms. The number of nitrogens with zero attached hydrogens (tertiary/aromatic N) is 1. The summed E-state index contributed by atoms with van der Waals surface area (Å²) < 4.78 is 0. The third-order valence-electron chi connectivity index (χ3n) is 3.57. The summed E-state index contributed by atoms with van der Waals surface area (Å²) in [4.78, 5) is 14.2. The van der Waals surface area contributed by atoms with Gasteiger partial charge in [0.2, 0.25) is 5.91 Å². The van der Waals surface area contributed by atoms with E-state index in [9.17, 15) is 4.79 Å². The number of nitrogens with two attached hydrogens (primary N) is 1. The van der Waals surface area contributed by atoms with Crippen LogP contribution in [0.4, 0.5) is 0 Å². The van der Waals surface area contributed by atoms with Crippen LogP contribution in [0.1, 0.15) is 32.4 Å². The van der Waals surface area contributed by atoms with E-state index in [4.69, 9.17) is 17.3 Å². The van der Waals surface area contributed by atoms with Crippen molar-refractivity contribution < 1.29 is 4.79 Å². The van der Waals surface area contributed by atoms with Crippen molar-refractivity contribution in [2.75, 3.05) is 20.6 Å². The predicted molar refractivity (Wildman–Crippen MR) is 88.3 cm³/mol. The highest BCUT2D eigenvalue weighted by molar-refractivity contribution is 6.31. The van der Waals surface area contributed by atoms with Crippen LogP contribution in [0.25, 0.3) is 0 Å². The molecule has 0 aliphatic carbocycles. The zero-order chi connectivity index (χ0) is 16.2. The van der Waals surface area contributed by atoms with Gasteiger partial charge in [-0.2, -0.15) is 0 Å². The largest absolute Gasteiger partial charge is 0.353 e. The first-order valence-electron chi connectivity index (χ1n) is 7.08. The second kappa shape index (κ2) is 7.25. The lowest BCUT2D eigenvalue weighted by Crippen LogP contribution is -2.50. The van der Waals surface area contributed by atoms with Crippen molar-refractivity contribution in [2.24, 2.45) is 11.1 Å². The van der Waals surface area contributed by atoms with Crippen LogP contribution in [-0.4, -0.2) is 37.5 Å². The number of carbonyl (C=O) groups is 1. The molecule has 0 aliphatic heterocycles. The highest BCUT2D eigenvalue weighted by atomic mass is 35.5. The van der Waals surface area contributed by atoms with E-state index in [1.54, 1.807) is 0 Å². The van der Waals surface area contributed by atoms with E-state index in [0.29, 0.717) is 11.6 Å². The molecule has 118 valence electrons. The molecule has 1 aromatic rings. The van der Waals surface area contributed by atoms with Gasteiger partial charge in [-0.3, -0.25) is 4.79 Å². The summed E-state index contributed by atoms with van der Waals surface area (Å²) in [6.45, 7) is 6.33. The summed E-state index contributed by atoms with van der Waals surface area (Å²) in [7, 11) is 3.92. The molecule has 1 amide bonds. The Labute approximate surface area is 132 Å². The van der Waals surface area contributed by atoms with Crippen LogP contribution in [0.3, 0.4) is 0 Å². The molecule has 5 heteroatoms. The van der Waals surface area contributed by atoms with Gasteiger partial charge in [0.1, 0.15) is 0 Å². The van der Waals surface area contributed by atoms with Crippen molar-refractivity contribution in [2.45, 2.75) is 32.9 Å². The van der Waals surface area contributed by atoms with E-state index < -0.39 is 6.04 Å². The highest BCUT2D eigenvalue weighted by Gasteiger charge is 2.28. The third kappa shape index (κ3) is 4.99. The standard InChI is InChI=1S/C16H26ClN3O/c1-16(2,3)14(18)15(21)19-10-13(20(4)5)11-8-6-7-9-12(11)17/h6-9,13-14H,10,18H2,1-5H3,(H,19,21)/t13?,14-/m1/s1. The van der Waals surface area contributed by atoms with Gasteiger partial charge >= 0.3 is 0 Å². The monoisotopic (exact) mass is 311 g/mol. The van der Waals surface area contributed by atoms with Crippen molar-refractivity contribution in [3.63, 3.8) is 0 Å². The number of amides is 1. The molecule has 1 aromatic carbocycles. The maximum atomic E-state index is 12.1. The minimum Gasteiger partial charge on any atom is -0.353 e. The number of carbonyl (C=O) groups excluding carboxylic acids is 1. The fraction of sp³-hybridized carbons (Fsp3) is 0.562. The Kier molecular flexibility index (Phi) is 6.20. The van der Waals surface area contributed by atoms with E-state index in [1.807, 2.05) is 64.0 Å². The van der Waals surface area contributed by atoms with Gasteiger partial charge in [-0.05, 0) is 31.1 Å². The van der Waals surface area contributed by atoms with Crippen LogP contribution in [0.5, 0.6) is 0 Å². The van der Waals surface area contributed by atoms with E-state index in [-0.39, 0.29) is 17.4 Å². The Morgan fingerprint density at radius 3 is 2.38 bits per heavy atom. The van der Waals surface area contributed by atoms with Gasteiger partial charge in [-0.15, -0.1) is 0 Å². The van der Waals surface area contributed by atoms with Crippen molar-refractivity contribution in [1.29, 1.82) is 0 Å². The number of rotatable bonds is 5. The SMILES string of the molecule is CN(C)C(CNC(=O)[C@@H](N)C(C)(C)C)c1ccccc1Cl. The zero-order valence-corrected chi connectivity index (χ0v) is 14.2. The summed E-state index contributed by atoms with van der Waals surface area (Å²) in [6.07, 6.45) is 0. The van der Waals surface area contributed by atoms with Crippen LogP contribution in [0.2, 0.25) is 5.02 Å². The molecule has 0 aromatic heterocycles. The molecule has 0 saturated heterocycles. The van der Waals surface area contributed by atoms with Gasteiger partial charge in [0, 0.05) is 11.6 Å². The molecule has 21 heavy (non-hydrogen) atoms. The molecular weight excluding hydrogens is 286 g/mol. The number of hydrogen-bond donors (Lipinski definition) is 2. The summed E-state index contributed by atoms with van der Waals surface area (Å²) in [5.74, 6) is -0.138. The maximum absolute atomic E-state index is 12.1. The Morgan fingerprint density at radius 2 is 1.90 bits per heavy atom. The Hall–Kier alpha value is -1.10. The van der Waals surface area contributed by atoms with Crippen molar-refractivity contribution in [3.05, 3.63) is 34.9 Å². The van der Waals surface area contributed by atoms with Gasteiger partial charge in [0.25, 0.3) is 0 Å². The second-order valence-electron chi connectivity index (χ2n) is 6.59. The van der Waals surface area contributed by atoms with Crippen LogP contribution in [0, 0.1) is 5.41 Å². The third-order valence-corrected chi connectivity index (χ3v) is 3.92. The van der Waals surface area contributed by atoms with E-state index in [0.717, 1.165) is 5.56 Å².